The Balaban J connectivity index is 1.91. The summed E-state index contributed by atoms with van der Waals surface area (Å²) in [6, 6.07) is 7.66. The van der Waals surface area contributed by atoms with Gasteiger partial charge in [0.05, 0.1) is 7.11 Å². The van der Waals surface area contributed by atoms with Crippen molar-refractivity contribution in [3.8, 4) is 0 Å². The second kappa shape index (κ2) is 11.7. The van der Waals surface area contributed by atoms with Crippen LogP contribution in [0.25, 0.3) is 6.08 Å². The van der Waals surface area contributed by atoms with Crippen LogP contribution in [0.5, 0.6) is 0 Å². The van der Waals surface area contributed by atoms with E-state index >= 15 is 0 Å². The van der Waals surface area contributed by atoms with E-state index in [0.717, 1.165) is 24.4 Å². The van der Waals surface area contributed by atoms with Gasteiger partial charge >= 0.3 is 5.97 Å². The maximum absolute atomic E-state index is 12.1. The molecule has 1 aliphatic heterocycles. The molecule has 1 aliphatic rings. The lowest BCUT2D eigenvalue weighted by molar-refractivity contribution is -0.144. The van der Waals surface area contributed by atoms with Crippen LogP contribution in [0.4, 0.5) is 5.69 Å². The molecule has 0 bridgehead atoms. The number of nitrogens with one attached hydrogen (secondary N) is 1. The minimum absolute atomic E-state index is 0.289. The number of anilines is 1. The van der Waals surface area contributed by atoms with E-state index in [1.807, 2.05) is 18.4 Å². The Morgan fingerprint density at radius 3 is 2.44 bits per heavy atom. The summed E-state index contributed by atoms with van der Waals surface area (Å²) in [5, 5.41) is 2.72. The van der Waals surface area contributed by atoms with Crippen LogP contribution in [-0.4, -0.2) is 50.1 Å². The van der Waals surface area contributed by atoms with Gasteiger partial charge in [-0.15, -0.1) is 0 Å². The van der Waals surface area contributed by atoms with Gasteiger partial charge in [-0.2, -0.15) is 11.8 Å². The molecule has 2 rings (SSSR count). The number of nitrogens with zero attached hydrogens (tertiary/aromatic N) is 1. The second-order valence-electron chi connectivity index (χ2n) is 6.69. The average Bonchev–Trinajstić information content (AvgIpc) is 2.99. The third kappa shape index (κ3) is 7.29. The summed E-state index contributed by atoms with van der Waals surface area (Å²) in [4.78, 5) is 26.3. The van der Waals surface area contributed by atoms with Crippen molar-refractivity contribution in [1.82, 2.24) is 5.32 Å². The average molecular weight is 391 g/mol. The highest BCUT2D eigenvalue weighted by molar-refractivity contribution is 7.98. The lowest BCUT2D eigenvalue weighted by Gasteiger charge is -2.22. The Bertz CT molecular complexity index is 623. The fourth-order valence-electron chi connectivity index (χ4n) is 3.14. The highest BCUT2D eigenvalue weighted by Crippen LogP contribution is 2.20. The number of carbonyl (C=O) groups is 2. The predicted octanol–water partition coefficient (Wildman–Crippen LogP) is 3.49. The number of esters is 1. The number of hydrogen-bond donors (Lipinski definition) is 1. The van der Waals surface area contributed by atoms with Crippen molar-refractivity contribution < 1.29 is 14.3 Å². The largest absolute Gasteiger partial charge is 0.467 e. The number of carbonyl (C=O) groups excluding carboxylic acids is 2. The number of ether oxygens (including phenoxy) is 1. The highest BCUT2D eigenvalue weighted by Gasteiger charge is 2.19. The first-order valence-electron chi connectivity index (χ1n) is 9.54. The van der Waals surface area contributed by atoms with Gasteiger partial charge in [-0.25, -0.2) is 4.79 Å². The predicted molar refractivity (Wildman–Crippen MR) is 113 cm³/mol. The normalized spacial score (nSPS) is 16.0. The molecule has 148 valence electrons. The number of methoxy groups -OCH3 is 1. The molecule has 0 unspecified atom stereocenters. The van der Waals surface area contributed by atoms with Crippen molar-refractivity contribution in [2.75, 3.05) is 37.1 Å². The topological polar surface area (TPSA) is 58.6 Å². The van der Waals surface area contributed by atoms with E-state index in [-0.39, 0.29) is 5.91 Å². The first-order chi connectivity index (χ1) is 13.1. The molecule has 1 aromatic carbocycles. The van der Waals surface area contributed by atoms with Crippen LogP contribution in [0, 0.1) is 0 Å². The van der Waals surface area contributed by atoms with Crippen molar-refractivity contribution in [3.63, 3.8) is 0 Å². The fraction of sp³-hybridized carbons (Fsp3) is 0.524. The van der Waals surface area contributed by atoms with Gasteiger partial charge in [0.2, 0.25) is 5.91 Å². The lowest BCUT2D eigenvalue weighted by Crippen LogP contribution is -2.41. The van der Waals surface area contributed by atoms with Crippen LogP contribution >= 0.6 is 11.8 Å². The lowest BCUT2D eigenvalue weighted by atomic mass is 10.1. The van der Waals surface area contributed by atoms with Crippen LogP contribution in [0.15, 0.2) is 30.3 Å². The molecule has 1 aromatic rings. The monoisotopic (exact) mass is 390 g/mol. The molecule has 5 nitrogen and oxygen atoms in total. The zero-order valence-corrected chi connectivity index (χ0v) is 17.1. The van der Waals surface area contributed by atoms with Gasteiger partial charge in [0.25, 0.3) is 0 Å². The maximum atomic E-state index is 12.1. The minimum Gasteiger partial charge on any atom is -0.467 e. The van der Waals surface area contributed by atoms with Gasteiger partial charge in [-0.3, -0.25) is 4.79 Å². The summed E-state index contributed by atoms with van der Waals surface area (Å²) in [6.07, 6.45) is 10.9. The van der Waals surface area contributed by atoms with Crippen LogP contribution in [0.1, 0.15) is 37.7 Å². The number of amides is 1. The molecule has 0 spiro atoms. The summed E-state index contributed by atoms with van der Waals surface area (Å²) in [5.41, 5.74) is 2.20. The Morgan fingerprint density at radius 1 is 1.19 bits per heavy atom. The van der Waals surface area contributed by atoms with Crippen LogP contribution < -0.4 is 10.2 Å². The number of rotatable bonds is 8. The van der Waals surface area contributed by atoms with Crippen molar-refractivity contribution >= 4 is 35.4 Å². The first kappa shape index (κ1) is 21.4. The van der Waals surface area contributed by atoms with Crippen molar-refractivity contribution in [3.05, 3.63) is 35.9 Å². The third-order valence-corrected chi connectivity index (χ3v) is 5.35. The molecular formula is C21H30N2O3S. The highest BCUT2D eigenvalue weighted by atomic mass is 32.2. The zero-order valence-electron chi connectivity index (χ0n) is 16.3. The Labute approximate surface area is 166 Å². The zero-order chi connectivity index (χ0) is 19.5. The molecule has 27 heavy (non-hydrogen) atoms. The number of hydrogen-bond acceptors (Lipinski definition) is 5. The SMILES string of the molecule is COC(=O)[C@@H](CCSC)NC(=O)/C=C/c1ccc(N2CCCCCC2)cc1. The molecule has 1 amide bonds. The molecule has 0 aromatic heterocycles. The summed E-state index contributed by atoms with van der Waals surface area (Å²) >= 11 is 1.63. The van der Waals surface area contributed by atoms with E-state index in [4.69, 9.17) is 4.74 Å². The van der Waals surface area contributed by atoms with E-state index in [1.54, 1.807) is 17.8 Å². The Hall–Kier alpha value is -1.95. The summed E-state index contributed by atoms with van der Waals surface area (Å²) in [7, 11) is 1.34. The fourth-order valence-corrected chi connectivity index (χ4v) is 3.62. The Kier molecular flexibility index (Phi) is 9.25. The molecular weight excluding hydrogens is 360 g/mol. The van der Waals surface area contributed by atoms with Gasteiger partial charge in [-0.05, 0) is 55.0 Å². The number of benzene rings is 1. The van der Waals surface area contributed by atoms with Gasteiger partial charge < -0.3 is 15.0 Å². The molecule has 1 atom stereocenters. The van der Waals surface area contributed by atoms with E-state index in [0.29, 0.717) is 6.42 Å². The molecule has 0 radical (unpaired) electrons. The summed E-state index contributed by atoms with van der Waals surface area (Å²) in [6.45, 7) is 2.23. The van der Waals surface area contributed by atoms with E-state index in [9.17, 15) is 9.59 Å². The van der Waals surface area contributed by atoms with E-state index < -0.39 is 12.0 Å². The quantitative estimate of drug-likeness (QED) is 0.544. The third-order valence-electron chi connectivity index (χ3n) is 4.70. The van der Waals surface area contributed by atoms with Gasteiger partial charge in [0.1, 0.15) is 6.04 Å². The van der Waals surface area contributed by atoms with Crippen molar-refractivity contribution in [2.45, 2.75) is 38.1 Å². The van der Waals surface area contributed by atoms with Crippen LogP contribution in [0.3, 0.4) is 0 Å². The van der Waals surface area contributed by atoms with Crippen molar-refractivity contribution in [1.29, 1.82) is 0 Å². The van der Waals surface area contributed by atoms with Crippen LogP contribution in [0.2, 0.25) is 0 Å². The smallest absolute Gasteiger partial charge is 0.328 e. The molecule has 1 heterocycles. The van der Waals surface area contributed by atoms with Crippen LogP contribution in [-0.2, 0) is 14.3 Å². The molecule has 1 fully saturated rings. The molecule has 6 heteroatoms. The first-order valence-corrected chi connectivity index (χ1v) is 10.9. The standard InChI is InChI=1S/C21H30N2O3S/c1-26-21(25)19(13-16-27-2)22-20(24)12-9-17-7-10-18(11-8-17)23-14-5-3-4-6-15-23/h7-12,19H,3-6,13-16H2,1-2H3,(H,22,24)/b12-9+/t19-/m1/s1. The maximum Gasteiger partial charge on any atom is 0.328 e. The molecule has 1 saturated heterocycles. The van der Waals surface area contributed by atoms with Gasteiger partial charge in [-0.1, -0.05) is 25.0 Å². The van der Waals surface area contributed by atoms with E-state index in [2.05, 4.69) is 22.3 Å². The Morgan fingerprint density at radius 2 is 1.85 bits per heavy atom. The second-order valence-corrected chi connectivity index (χ2v) is 7.68. The molecule has 1 N–H and O–H groups in total. The van der Waals surface area contributed by atoms with Gasteiger partial charge in [0.15, 0.2) is 0 Å². The van der Waals surface area contributed by atoms with Gasteiger partial charge in [0, 0.05) is 24.9 Å². The summed E-state index contributed by atoms with van der Waals surface area (Å²) in [5.74, 6) is 0.0811. The molecule has 0 aliphatic carbocycles. The minimum atomic E-state index is -0.606. The molecule has 0 saturated carbocycles. The number of thioether (sulfide) groups is 1. The van der Waals surface area contributed by atoms with E-state index in [1.165, 1.54) is 44.6 Å². The van der Waals surface area contributed by atoms with Crippen molar-refractivity contribution in [2.24, 2.45) is 0 Å². The summed E-state index contributed by atoms with van der Waals surface area (Å²) < 4.78 is 4.76.